The van der Waals surface area contributed by atoms with Crippen molar-refractivity contribution in [2.24, 2.45) is 0 Å². The molecule has 1 rings (SSSR count). The monoisotopic (exact) mass is 344 g/mol. The Morgan fingerprint density at radius 1 is 1.36 bits per heavy atom. The second kappa shape index (κ2) is 8.64. The topological polar surface area (TPSA) is 101 Å². The van der Waals surface area contributed by atoms with E-state index in [1.807, 2.05) is 0 Å². The summed E-state index contributed by atoms with van der Waals surface area (Å²) < 4.78 is 0. The highest BCUT2D eigenvalue weighted by Crippen LogP contribution is 2.32. The van der Waals surface area contributed by atoms with Crippen LogP contribution in [0.5, 0.6) is 0 Å². The van der Waals surface area contributed by atoms with Gasteiger partial charge in [-0.1, -0.05) is 21.6 Å². The van der Waals surface area contributed by atoms with Crippen molar-refractivity contribution in [3.05, 3.63) is 34.4 Å². The van der Waals surface area contributed by atoms with Gasteiger partial charge in [0.25, 0.3) is 5.69 Å². The number of rotatable bonds is 8. The average molecular weight is 344 g/mol. The normalized spacial score (nSPS) is 11.7. The van der Waals surface area contributed by atoms with Crippen LogP contribution in [0.4, 0.5) is 5.69 Å². The number of hydrogen-bond donors (Lipinski definition) is 1. The summed E-state index contributed by atoms with van der Waals surface area (Å²) in [6, 6.07) is 5.30. The number of carbonyl (C=O) groups excluding carboxylic acids is 1. The summed E-state index contributed by atoms with van der Waals surface area (Å²) in [5.74, 6) is -0.743. The molecular formula is C13H16N2O5S2. The van der Waals surface area contributed by atoms with E-state index in [0.717, 1.165) is 4.90 Å². The van der Waals surface area contributed by atoms with E-state index < -0.39 is 16.9 Å². The fourth-order valence-corrected chi connectivity index (χ4v) is 3.39. The van der Waals surface area contributed by atoms with Gasteiger partial charge in [-0.25, -0.2) is 4.79 Å². The molecule has 0 bridgehead atoms. The Morgan fingerprint density at radius 2 is 1.95 bits per heavy atom. The number of carbonyl (C=O) groups is 2. The first-order valence-electron chi connectivity index (χ1n) is 6.35. The fourth-order valence-electron chi connectivity index (χ4n) is 1.42. The van der Waals surface area contributed by atoms with Crippen molar-refractivity contribution >= 4 is 39.2 Å². The number of benzene rings is 1. The molecule has 1 atom stereocenters. The minimum Gasteiger partial charge on any atom is -0.480 e. The predicted octanol–water partition coefficient (Wildman–Crippen LogP) is 2.66. The molecule has 0 radical (unpaired) electrons. The van der Waals surface area contributed by atoms with Crippen LogP contribution in [0, 0.1) is 10.1 Å². The van der Waals surface area contributed by atoms with Crippen molar-refractivity contribution in [2.45, 2.75) is 24.3 Å². The quantitative estimate of drug-likeness (QED) is 0.335. The molecule has 120 valence electrons. The summed E-state index contributed by atoms with van der Waals surface area (Å²) in [5, 5.41) is 19.4. The third kappa shape index (κ3) is 5.57. The van der Waals surface area contributed by atoms with E-state index >= 15 is 0 Å². The van der Waals surface area contributed by atoms with Crippen LogP contribution in [0.2, 0.25) is 0 Å². The number of hydrogen-bond acceptors (Lipinski definition) is 6. The van der Waals surface area contributed by atoms with Crippen LogP contribution in [-0.4, -0.2) is 45.6 Å². The molecule has 0 unspecified atom stereocenters. The van der Waals surface area contributed by atoms with Crippen LogP contribution < -0.4 is 0 Å². The van der Waals surface area contributed by atoms with Crippen LogP contribution in [-0.2, 0) is 9.59 Å². The van der Waals surface area contributed by atoms with Gasteiger partial charge in [-0.2, -0.15) is 0 Å². The molecule has 0 aliphatic carbocycles. The van der Waals surface area contributed by atoms with Gasteiger partial charge in [0.05, 0.1) is 4.92 Å². The zero-order valence-corrected chi connectivity index (χ0v) is 13.7. The summed E-state index contributed by atoms with van der Waals surface area (Å²) in [4.78, 5) is 34.7. The van der Waals surface area contributed by atoms with E-state index in [1.54, 1.807) is 12.1 Å². The number of nitro benzene ring substituents is 1. The molecule has 0 saturated carbocycles. The van der Waals surface area contributed by atoms with Gasteiger partial charge in [0.2, 0.25) is 5.91 Å². The molecule has 1 aromatic rings. The van der Waals surface area contributed by atoms with Gasteiger partial charge >= 0.3 is 5.97 Å². The van der Waals surface area contributed by atoms with E-state index in [-0.39, 0.29) is 18.0 Å². The van der Waals surface area contributed by atoms with E-state index in [9.17, 15) is 19.7 Å². The number of nitrogens with zero attached hydrogens (tertiary/aromatic N) is 2. The number of nitro groups is 1. The van der Waals surface area contributed by atoms with E-state index in [0.29, 0.717) is 5.75 Å². The van der Waals surface area contributed by atoms with Crippen LogP contribution in [0.1, 0.15) is 13.3 Å². The first-order valence-corrected chi connectivity index (χ1v) is 8.67. The van der Waals surface area contributed by atoms with Crippen molar-refractivity contribution in [2.75, 3.05) is 12.8 Å². The predicted molar refractivity (Wildman–Crippen MR) is 85.9 cm³/mol. The average Bonchev–Trinajstić information content (AvgIpc) is 2.50. The molecule has 0 aromatic heterocycles. The van der Waals surface area contributed by atoms with Gasteiger partial charge in [-0.3, -0.25) is 14.9 Å². The highest BCUT2D eigenvalue weighted by molar-refractivity contribution is 8.76. The molecule has 0 fully saturated rings. The van der Waals surface area contributed by atoms with Crippen LogP contribution in [0.15, 0.2) is 29.2 Å². The summed E-state index contributed by atoms with van der Waals surface area (Å²) in [6.07, 6.45) is 0.235. The van der Waals surface area contributed by atoms with Crippen molar-refractivity contribution in [1.82, 2.24) is 4.90 Å². The molecule has 1 amide bonds. The molecule has 0 spiro atoms. The maximum Gasteiger partial charge on any atom is 0.326 e. The van der Waals surface area contributed by atoms with E-state index in [1.165, 1.54) is 52.6 Å². The zero-order chi connectivity index (χ0) is 16.7. The number of carboxylic acid groups (broad SMARTS) is 1. The van der Waals surface area contributed by atoms with Crippen molar-refractivity contribution in [1.29, 1.82) is 0 Å². The lowest BCUT2D eigenvalue weighted by Crippen LogP contribution is -2.40. The number of amides is 1. The highest BCUT2D eigenvalue weighted by Gasteiger charge is 2.21. The van der Waals surface area contributed by atoms with Gasteiger partial charge in [0, 0.05) is 36.2 Å². The molecule has 0 heterocycles. The van der Waals surface area contributed by atoms with Gasteiger partial charge in [0.1, 0.15) is 6.04 Å². The Hall–Kier alpha value is -1.74. The number of carboxylic acids is 1. The lowest BCUT2D eigenvalue weighted by molar-refractivity contribution is -0.384. The Balaban J connectivity index is 2.34. The van der Waals surface area contributed by atoms with Crippen molar-refractivity contribution in [3.8, 4) is 0 Å². The van der Waals surface area contributed by atoms with E-state index in [2.05, 4.69) is 0 Å². The van der Waals surface area contributed by atoms with Crippen LogP contribution in [0.3, 0.4) is 0 Å². The highest BCUT2D eigenvalue weighted by atomic mass is 33.1. The Bertz CT molecular complexity index is 550. The number of non-ortho nitro benzene ring substituents is 1. The largest absolute Gasteiger partial charge is 0.480 e. The molecule has 0 aliphatic rings. The van der Waals surface area contributed by atoms with Crippen molar-refractivity contribution < 1.29 is 19.6 Å². The molecule has 22 heavy (non-hydrogen) atoms. The Kier molecular flexibility index (Phi) is 7.19. The molecule has 7 nitrogen and oxygen atoms in total. The third-order valence-electron chi connectivity index (χ3n) is 2.93. The molecule has 9 heteroatoms. The minimum absolute atomic E-state index is 0.0359. The maximum atomic E-state index is 11.8. The molecule has 1 aromatic carbocycles. The van der Waals surface area contributed by atoms with Crippen LogP contribution in [0.25, 0.3) is 0 Å². The summed E-state index contributed by atoms with van der Waals surface area (Å²) in [5.41, 5.74) is 0.0359. The summed E-state index contributed by atoms with van der Waals surface area (Å²) >= 11 is 0. The van der Waals surface area contributed by atoms with Gasteiger partial charge < -0.3 is 10.0 Å². The minimum atomic E-state index is -1.04. The standard InChI is InChI=1S/C13H16N2O5S2/c1-9(13(17)18)14(2)12(16)7-8-21-22-11-5-3-10(4-6-11)15(19)20/h3-6,9H,7-8H2,1-2H3,(H,17,18)/t9-/m0/s1. The maximum absolute atomic E-state index is 11.8. The van der Waals surface area contributed by atoms with Gasteiger partial charge in [-0.05, 0) is 19.1 Å². The lowest BCUT2D eigenvalue weighted by Gasteiger charge is -2.21. The SMILES string of the molecule is C[C@@H](C(=O)O)N(C)C(=O)CCSSc1ccc([N+](=O)[O-])cc1. The first-order chi connectivity index (χ1) is 10.3. The van der Waals surface area contributed by atoms with Crippen molar-refractivity contribution in [3.63, 3.8) is 0 Å². The Labute approximate surface area is 135 Å². The third-order valence-corrected chi connectivity index (χ3v) is 5.32. The summed E-state index contributed by atoms with van der Waals surface area (Å²) in [6.45, 7) is 1.46. The van der Waals surface area contributed by atoms with Crippen LogP contribution >= 0.6 is 21.6 Å². The smallest absolute Gasteiger partial charge is 0.326 e. The van der Waals surface area contributed by atoms with E-state index in [4.69, 9.17) is 5.11 Å². The second-order valence-corrected chi connectivity index (χ2v) is 6.91. The van der Waals surface area contributed by atoms with Gasteiger partial charge in [0.15, 0.2) is 0 Å². The summed E-state index contributed by atoms with van der Waals surface area (Å²) in [7, 11) is 4.32. The first kappa shape index (κ1) is 18.3. The van der Waals surface area contributed by atoms with Gasteiger partial charge in [-0.15, -0.1) is 0 Å². The number of likely N-dealkylation sites (N-methyl/N-ethyl adjacent to an activating group) is 1. The molecule has 1 N–H and O–H groups in total. The zero-order valence-electron chi connectivity index (χ0n) is 12.1. The lowest BCUT2D eigenvalue weighted by atomic mass is 10.3. The molecular weight excluding hydrogens is 328 g/mol. The second-order valence-electron chi connectivity index (χ2n) is 4.43. The molecule has 0 aliphatic heterocycles. The fraction of sp³-hybridized carbons (Fsp3) is 0.385. The molecule has 0 saturated heterocycles. The Morgan fingerprint density at radius 3 is 2.45 bits per heavy atom. The number of aliphatic carboxylic acids is 1.